The van der Waals surface area contributed by atoms with Crippen LogP contribution in [0.15, 0.2) is 12.2 Å². The molecule has 0 spiro atoms. The number of nitrogens with zero attached hydrogens (tertiary/aromatic N) is 1. The second-order valence-electron chi connectivity index (χ2n) is 2.10. The molecule has 2 nitrogen and oxygen atoms in total. The quantitative estimate of drug-likeness (QED) is 0.601. The van der Waals surface area contributed by atoms with Crippen molar-refractivity contribution in [1.82, 2.24) is 0 Å². The fourth-order valence-electron chi connectivity index (χ4n) is 0.440. The number of allylic oxidation sites excluding steroid dienone is 1. The Morgan fingerprint density at radius 3 is 2.70 bits per heavy atom. The minimum absolute atomic E-state index is 0.765. The smallest absolute Gasteiger partial charge is 0.151 e. The van der Waals surface area contributed by atoms with E-state index in [-0.39, 0.29) is 0 Å². The van der Waals surface area contributed by atoms with Gasteiger partial charge in [0, 0.05) is 0 Å². The zero-order chi connectivity index (χ0) is 8.04. The lowest BCUT2D eigenvalue weighted by Gasteiger charge is -2.09. The van der Waals surface area contributed by atoms with Gasteiger partial charge in [-0.25, -0.2) is 4.39 Å². The predicted octanol–water partition coefficient (Wildman–Crippen LogP) is 1.14. The van der Waals surface area contributed by atoms with E-state index in [0.717, 1.165) is 6.42 Å². The number of rotatable bonds is 3. The largest absolute Gasteiger partial charge is 0.308 e. The lowest BCUT2D eigenvalue weighted by Crippen LogP contribution is -2.38. The molecule has 0 aliphatic rings. The Kier molecular flexibility index (Phi) is 3.67. The average molecular weight is 142 g/mol. The van der Waals surface area contributed by atoms with Crippen molar-refractivity contribution in [1.29, 1.82) is 5.26 Å². The van der Waals surface area contributed by atoms with Crippen LogP contribution in [0.2, 0.25) is 0 Å². The van der Waals surface area contributed by atoms with Crippen molar-refractivity contribution in [2.75, 3.05) is 6.67 Å². The Morgan fingerprint density at radius 1 is 1.80 bits per heavy atom. The van der Waals surface area contributed by atoms with E-state index >= 15 is 0 Å². The van der Waals surface area contributed by atoms with Crippen molar-refractivity contribution in [2.24, 2.45) is 5.73 Å². The summed E-state index contributed by atoms with van der Waals surface area (Å²) in [5.41, 5.74) is 3.85. The van der Waals surface area contributed by atoms with Crippen LogP contribution in [0.1, 0.15) is 13.3 Å². The molecule has 0 fully saturated rings. The van der Waals surface area contributed by atoms with E-state index in [2.05, 4.69) is 0 Å². The fraction of sp³-hybridized carbons (Fsp3) is 0.571. The summed E-state index contributed by atoms with van der Waals surface area (Å²) >= 11 is 0. The van der Waals surface area contributed by atoms with Crippen molar-refractivity contribution < 1.29 is 4.39 Å². The summed E-state index contributed by atoms with van der Waals surface area (Å²) in [7, 11) is 0. The molecule has 0 amide bonds. The molecule has 56 valence electrons. The SMILES string of the molecule is CCC=CC(N)(C#N)CF. The van der Waals surface area contributed by atoms with E-state index in [9.17, 15) is 4.39 Å². The van der Waals surface area contributed by atoms with Crippen molar-refractivity contribution in [2.45, 2.75) is 18.9 Å². The molecule has 0 bridgehead atoms. The Hall–Kier alpha value is -0.880. The van der Waals surface area contributed by atoms with E-state index in [1.54, 1.807) is 12.1 Å². The maximum Gasteiger partial charge on any atom is 0.151 e. The van der Waals surface area contributed by atoms with Crippen molar-refractivity contribution in [3.8, 4) is 6.07 Å². The molecular weight excluding hydrogens is 131 g/mol. The van der Waals surface area contributed by atoms with Gasteiger partial charge in [-0.3, -0.25) is 0 Å². The maximum absolute atomic E-state index is 12.0. The molecule has 0 aromatic heterocycles. The summed E-state index contributed by atoms with van der Waals surface area (Å²) in [6, 6.07) is 1.68. The highest BCUT2D eigenvalue weighted by Gasteiger charge is 2.19. The van der Waals surface area contributed by atoms with Crippen LogP contribution in [-0.2, 0) is 0 Å². The number of hydrogen-bond acceptors (Lipinski definition) is 2. The second kappa shape index (κ2) is 4.02. The van der Waals surface area contributed by atoms with Gasteiger partial charge >= 0.3 is 0 Å². The van der Waals surface area contributed by atoms with E-state index in [0.29, 0.717) is 0 Å². The molecular formula is C7H11FN2. The van der Waals surface area contributed by atoms with E-state index < -0.39 is 12.2 Å². The number of nitrogens with two attached hydrogens (primary N) is 1. The van der Waals surface area contributed by atoms with Crippen LogP contribution in [0, 0.1) is 11.3 Å². The molecule has 0 aliphatic heterocycles. The molecule has 0 aromatic carbocycles. The summed E-state index contributed by atoms with van der Waals surface area (Å²) in [4.78, 5) is 0. The number of alkyl halides is 1. The van der Waals surface area contributed by atoms with E-state index in [1.165, 1.54) is 6.08 Å². The molecule has 1 unspecified atom stereocenters. The molecule has 0 radical (unpaired) electrons. The number of hydrogen-bond donors (Lipinski definition) is 1. The van der Waals surface area contributed by atoms with Crippen molar-refractivity contribution >= 4 is 0 Å². The average Bonchev–Trinajstić information content (AvgIpc) is 2.00. The van der Waals surface area contributed by atoms with Crippen molar-refractivity contribution in [3.05, 3.63) is 12.2 Å². The molecule has 3 heteroatoms. The van der Waals surface area contributed by atoms with Gasteiger partial charge in [-0.15, -0.1) is 0 Å². The first kappa shape index (κ1) is 9.12. The lowest BCUT2D eigenvalue weighted by molar-refractivity contribution is 0.416. The lowest BCUT2D eigenvalue weighted by atomic mass is 10.0. The van der Waals surface area contributed by atoms with Gasteiger partial charge in [-0.1, -0.05) is 19.1 Å². The zero-order valence-electron chi connectivity index (χ0n) is 5.97. The number of nitriles is 1. The van der Waals surface area contributed by atoms with E-state index in [1.807, 2.05) is 6.92 Å². The Bertz CT molecular complexity index is 159. The molecule has 0 aromatic rings. The first-order valence-corrected chi connectivity index (χ1v) is 3.12. The van der Waals surface area contributed by atoms with Crippen LogP contribution in [-0.4, -0.2) is 12.2 Å². The van der Waals surface area contributed by atoms with E-state index in [4.69, 9.17) is 11.0 Å². The van der Waals surface area contributed by atoms with Gasteiger partial charge in [0.05, 0.1) is 6.07 Å². The summed E-state index contributed by atoms with van der Waals surface area (Å²) in [5, 5.41) is 8.35. The summed E-state index contributed by atoms with van der Waals surface area (Å²) in [5.74, 6) is 0. The van der Waals surface area contributed by atoms with Crippen LogP contribution in [0.5, 0.6) is 0 Å². The van der Waals surface area contributed by atoms with Gasteiger partial charge in [0.15, 0.2) is 5.54 Å². The third-order valence-electron chi connectivity index (χ3n) is 1.08. The highest BCUT2D eigenvalue weighted by atomic mass is 19.1. The first-order valence-electron chi connectivity index (χ1n) is 3.12. The molecule has 0 heterocycles. The molecule has 2 N–H and O–H groups in total. The summed E-state index contributed by atoms with van der Waals surface area (Å²) < 4.78 is 12.0. The summed E-state index contributed by atoms with van der Waals surface area (Å²) in [6.45, 7) is 1.06. The topological polar surface area (TPSA) is 49.8 Å². The zero-order valence-corrected chi connectivity index (χ0v) is 5.97. The Balaban J connectivity index is 4.09. The first-order chi connectivity index (χ1) is 4.68. The highest BCUT2D eigenvalue weighted by Crippen LogP contribution is 2.02. The van der Waals surface area contributed by atoms with Gasteiger partial charge < -0.3 is 5.73 Å². The van der Waals surface area contributed by atoms with Crippen LogP contribution in [0.3, 0.4) is 0 Å². The van der Waals surface area contributed by atoms with Crippen LogP contribution in [0.25, 0.3) is 0 Å². The van der Waals surface area contributed by atoms with Gasteiger partial charge in [-0.2, -0.15) is 5.26 Å². The Morgan fingerprint density at radius 2 is 2.40 bits per heavy atom. The van der Waals surface area contributed by atoms with Crippen LogP contribution < -0.4 is 5.73 Å². The standard InChI is InChI=1S/C7H11FN2/c1-2-3-4-7(10,5-8)6-9/h3-4H,2,5,10H2,1H3. The fourth-order valence-corrected chi connectivity index (χ4v) is 0.440. The third-order valence-corrected chi connectivity index (χ3v) is 1.08. The maximum atomic E-state index is 12.0. The van der Waals surface area contributed by atoms with Crippen molar-refractivity contribution in [3.63, 3.8) is 0 Å². The normalized spacial score (nSPS) is 16.6. The van der Waals surface area contributed by atoms with Gasteiger partial charge in [0.25, 0.3) is 0 Å². The molecule has 1 atom stereocenters. The van der Waals surface area contributed by atoms with Gasteiger partial charge in [-0.05, 0) is 6.42 Å². The Labute approximate surface area is 60.1 Å². The minimum Gasteiger partial charge on any atom is -0.308 e. The minimum atomic E-state index is -1.41. The van der Waals surface area contributed by atoms with Gasteiger partial charge in [0.2, 0.25) is 0 Å². The van der Waals surface area contributed by atoms with Crippen LogP contribution >= 0.6 is 0 Å². The molecule has 0 saturated carbocycles. The van der Waals surface area contributed by atoms with Crippen LogP contribution in [0.4, 0.5) is 4.39 Å². The molecule has 0 rings (SSSR count). The monoisotopic (exact) mass is 142 g/mol. The molecule has 0 aliphatic carbocycles. The second-order valence-corrected chi connectivity index (χ2v) is 2.10. The summed E-state index contributed by atoms with van der Waals surface area (Å²) in [6.07, 6.45) is 3.84. The number of halogens is 1. The predicted molar refractivity (Wildman–Crippen MR) is 37.9 cm³/mol. The van der Waals surface area contributed by atoms with Gasteiger partial charge in [0.1, 0.15) is 6.67 Å². The molecule has 10 heavy (non-hydrogen) atoms. The third kappa shape index (κ3) is 2.60. The molecule has 0 saturated heterocycles. The highest BCUT2D eigenvalue weighted by molar-refractivity contribution is 5.18.